The van der Waals surface area contributed by atoms with Gasteiger partial charge >= 0.3 is 0 Å². The molecule has 0 aromatic heterocycles. The van der Waals surface area contributed by atoms with Gasteiger partial charge in [-0.1, -0.05) is 53.7 Å². The van der Waals surface area contributed by atoms with E-state index in [2.05, 4.69) is 46.9 Å². The van der Waals surface area contributed by atoms with Crippen molar-refractivity contribution in [1.82, 2.24) is 4.31 Å². The highest BCUT2D eigenvalue weighted by atomic mass is 32.2. The molecule has 1 aliphatic carbocycles. The van der Waals surface area contributed by atoms with Gasteiger partial charge in [0.1, 0.15) is 5.75 Å². The second-order valence-electron chi connectivity index (χ2n) is 12.4. The van der Waals surface area contributed by atoms with E-state index in [1.807, 2.05) is 18.2 Å². The van der Waals surface area contributed by atoms with Gasteiger partial charge in [-0.2, -0.15) is 4.31 Å². The number of fused-ring (bicyclic) bond motifs is 2. The van der Waals surface area contributed by atoms with Gasteiger partial charge < -0.3 is 10.1 Å². The fourth-order valence-electron chi connectivity index (χ4n) is 6.09. The summed E-state index contributed by atoms with van der Waals surface area (Å²) in [6, 6.07) is 12.1. The molecule has 1 saturated carbocycles. The lowest BCUT2D eigenvalue weighted by Gasteiger charge is -2.39. The molecule has 6 nitrogen and oxygen atoms in total. The molecule has 1 heterocycles. The van der Waals surface area contributed by atoms with Gasteiger partial charge in [0.15, 0.2) is 0 Å². The number of hydrogen-bond donors (Lipinski definition) is 1. The van der Waals surface area contributed by atoms with E-state index in [0.29, 0.717) is 23.5 Å². The van der Waals surface area contributed by atoms with E-state index < -0.39 is 10.0 Å². The van der Waals surface area contributed by atoms with Crippen molar-refractivity contribution in [3.63, 3.8) is 0 Å². The molecule has 2 bridgehead atoms. The van der Waals surface area contributed by atoms with Crippen LogP contribution in [-0.4, -0.2) is 38.3 Å². The minimum absolute atomic E-state index is 0.00404. The average molecular weight is 499 g/mol. The summed E-state index contributed by atoms with van der Waals surface area (Å²) in [4.78, 5) is 13.3. The quantitative estimate of drug-likeness (QED) is 0.562. The molecule has 2 aromatic rings. The molecule has 4 rings (SSSR count). The highest BCUT2D eigenvalue weighted by molar-refractivity contribution is 7.89. The first-order valence-electron chi connectivity index (χ1n) is 12.3. The van der Waals surface area contributed by atoms with Crippen molar-refractivity contribution in [2.24, 2.45) is 10.8 Å². The SMILES string of the molecule is COc1ccc(C(C)(C)C)cc1NC(=O)c1cccc(S(=O)(=O)N2C[C@@]3(C)C[C@H]2CC(C)(C)C3)c1. The third-order valence-corrected chi connectivity index (χ3v) is 9.28. The topological polar surface area (TPSA) is 75.7 Å². The third kappa shape index (κ3) is 5.12. The first-order valence-corrected chi connectivity index (χ1v) is 13.7. The first-order chi connectivity index (χ1) is 16.1. The van der Waals surface area contributed by atoms with E-state index >= 15 is 0 Å². The summed E-state index contributed by atoms with van der Waals surface area (Å²) >= 11 is 0. The van der Waals surface area contributed by atoms with E-state index in [9.17, 15) is 13.2 Å². The van der Waals surface area contributed by atoms with Crippen molar-refractivity contribution in [1.29, 1.82) is 0 Å². The van der Waals surface area contributed by atoms with Gasteiger partial charge in [0, 0.05) is 18.2 Å². The van der Waals surface area contributed by atoms with Crippen LogP contribution in [0, 0.1) is 10.8 Å². The predicted octanol–water partition coefficient (Wildman–Crippen LogP) is 5.83. The van der Waals surface area contributed by atoms with Crippen molar-refractivity contribution in [3.8, 4) is 5.75 Å². The Morgan fingerprint density at radius 1 is 1.09 bits per heavy atom. The van der Waals surface area contributed by atoms with Gasteiger partial charge in [0.25, 0.3) is 5.91 Å². The molecule has 35 heavy (non-hydrogen) atoms. The Morgan fingerprint density at radius 2 is 1.80 bits per heavy atom. The maximum atomic E-state index is 13.7. The number of anilines is 1. The van der Waals surface area contributed by atoms with Crippen LogP contribution >= 0.6 is 0 Å². The lowest BCUT2D eigenvalue weighted by Crippen LogP contribution is -2.37. The summed E-state index contributed by atoms with van der Waals surface area (Å²) in [5, 5.41) is 2.92. The number of sulfonamides is 1. The molecule has 1 amide bonds. The molecule has 1 aliphatic heterocycles. The van der Waals surface area contributed by atoms with Gasteiger partial charge in [0.2, 0.25) is 10.0 Å². The van der Waals surface area contributed by atoms with E-state index in [-0.39, 0.29) is 33.1 Å². The lowest BCUT2D eigenvalue weighted by molar-refractivity contribution is 0.102. The summed E-state index contributed by atoms with van der Waals surface area (Å²) < 4.78 is 34.5. The van der Waals surface area contributed by atoms with E-state index in [0.717, 1.165) is 24.8 Å². The molecule has 0 radical (unpaired) electrons. The molecule has 2 aromatic carbocycles. The minimum Gasteiger partial charge on any atom is -0.495 e. The summed E-state index contributed by atoms with van der Waals surface area (Å²) in [7, 11) is -2.16. The van der Waals surface area contributed by atoms with Gasteiger partial charge in [-0.15, -0.1) is 0 Å². The third-order valence-electron chi connectivity index (χ3n) is 7.38. The van der Waals surface area contributed by atoms with Crippen LogP contribution in [0.15, 0.2) is 47.4 Å². The van der Waals surface area contributed by atoms with Gasteiger partial charge in [0.05, 0.1) is 17.7 Å². The average Bonchev–Trinajstić information content (AvgIpc) is 3.02. The fourth-order valence-corrected chi connectivity index (χ4v) is 7.91. The number of amides is 1. The zero-order valence-electron chi connectivity index (χ0n) is 21.9. The summed E-state index contributed by atoms with van der Waals surface area (Å²) in [6.07, 6.45) is 2.76. The predicted molar refractivity (Wildman–Crippen MR) is 140 cm³/mol. The van der Waals surface area contributed by atoms with Crippen molar-refractivity contribution in [2.75, 3.05) is 19.0 Å². The van der Waals surface area contributed by atoms with Gasteiger partial charge in [-0.25, -0.2) is 8.42 Å². The molecule has 0 spiro atoms. The normalized spacial score (nSPS) is 24.3. The number of methoxy groups -OCH3 is 1. The molecular formula is C28H38N2O4S. The van der Waals surface area contributed by atoms with E-state index in [1.165, 1.54) is 6.07 Å². The van der Waals surface area contributed by atoms with Crippen molar-refractivity contribution in [3.05, 3.63) is 53.6 Å². The number of carbonyl (C=O) groups is 1. The molecule has 1 saturated heterocycles. The molecule has 7 heteroatoms. The first kappa shape index (κ1) is 25.7. The van der Waals surface area contributed by atoms with Gasteiger partial charge in [-0.3, -0.25) is 4.79 Å². The van der Waals surface area contributed by atoms with Crippen molar-refractivity contribution < 1.29 is 17.9 Å². The Balaban J connectivity index is 1.61. The van der Waals surface area contributed by atoms with Crippen LogP contribution in [0.3, 0.4) is 0 Å². The zero-order valence-corrected chi connectivity index (χ0v) is 22.8. The molecule has 190 valence electrons. The molecule has 0 unspecified atom stereocenters. The lowest BCUT2D eigenvalue weighted by atomic mass is 9.65. The standard InChI is InChI=1S/C28H38N2O4S/c1-26(2,3)20-11-12-24(34-7)23(14-20)29-25(31)19-9-8-10-22(13-19)35(32,33)30-18-28(6)16-21(30)15-27(4,5)17-28/h8-14,21H,15-18H2,1-7H3,(H,29,31)/t21-,28+/m1/s1. The fraction of sp³-hybridized carbons (Fsp3) is 0.536. The largest absolute Gasteiger partial charge is 0.495 e. The number of carbonyl (C=O) groups excluding carboxylic acids is 1. The van der Waals surface area contributed by atoms with Crippen LogP contribution in [0.25, 0.3) is 0 Å². The smallest absolute Gasteiger partial charge is 0.255 e. The number of benzene rings is 2. The zero-order chi connectivity index (χ0) is 25.8. The van der Waals surface area contributed by atoms with Crippen LogP contribution < -0.4 is 10.1 Å². The Labute approximate surface area is 210 Å². The number of hydrogen-bond acceptors (Lipinski definition) is 4. The van der Waals surface area contributed by atoms with Crippen LogP contribution in [-0.2, 0) is 15.4 Å². The number of nitrogens with one attached hydrogen (secondary N) is 1. The summed E-state index contributed by atoms with van der Waals surface area (Å²) in [5.41, 5.74) is 1.91. The molecule has 2 aliphatic rings. The monoisotopic (exact) mass is 498 g/mol. The number of nitrogens with zero attached hydrogens (tertiary/aromatic N) is 1. The van der Waals surface area contributed by atoms with Crippen LogP contribution in [0.1, 0.15) is 76.7 Å². The molecular weight excluding hydrogens is 460 g/mol. The van der Waals surface area contributed by atoms with E-state index in [4.69, 9.17) is 4.74 Å². The van der Waals surface area contributed by atoms with Crippen molar-refractivity contribution >= 4 is 21.6 Å². The molecule has 2 fully saturated rings. The van der Waals surface area contributed by atoms with Gasteiger partial charge in [-0.05, 0) is 71.4 Å². The van der Waals surface area contributed by atoms with Crippen LogP contribution in [0.4, 0.5) is 5.69 Å². The summed E-state index contributed by atoms with van der Waals surface area (Å²) in [5.74, 6) is 0.176. The minimum atomic E-state index is -3.72. The second-order valence-corrected chi connectivity index (χ2v) is 14.3. The number of rotatable bonds is 5. The van der Waals surface area contributed by atoms with Crippen LogP contribution in [0.5, 0.6) is 5.75 Å². The second kappa shape index (κ2) is 8.63. The van der Waals surface area contributed by atoms with Crippen molar-refractivity contribution in [2.45, 2.75) is 77.2 Å². The summed E-state index contributed by atoms with van der Waals surface area (Å²) in [6.45, 7) is 13.5. The van der Waals surface area contributed by atoms with Crippen LogP contribution in [0.2, 0.25) is 0 Å². The van der Waals surface area contributed by atoms with E-state index in [1.54, 1.807) is 29.6 Å². The molecule has 2 atom stereocenters. The highest BCUT2D eigenvalue weighted by Gasteiger charge is 2.53. The maximum absolute atomic E-state index is 13.7. The molecule has 1 N–H and O–H groups in total. The number of ether oxygens (including phenoxy) is 1. The Morgan fingerprint density at radius 3 is 2.46 bits per heavy atom. The Hall–Kier alpha value is -2.38. The Kier molecular flexibility index (Phi) is 6.34. The maximum Gasteiger partial charge on any atom is 0.255 e. The Bertz CT molecular complexity index is 1250. The highest BCUT2D eigenvalue weighted by Crippen LogP contribution is 2.53.